The molecule has 0 aliphatic heterocycles. The van der Waals surface area contributed by atoms with Gasteiger partial charge in [-0.15, -0.1) is 0 Å². The number of alkyl halides is 2. The molecule has 0 aliphatic rings. The Morgan fingerprint density at radius 1 is 1.26 bits per heavy atom. The maximum atomic E-state index is 14.4. The van der Waals surface area contributed by atoms with Gasteiger partial charge in [0.2, 0.25) is 5.91 Å². The molecule has 0 aromatic rings. The first-order chi connectivity index (χ1) is 10.5. The number of hydrogen-bond donors (Lipinski definition) is 5. The lowest BCUT2D eigenvalue weighted by molar-refractivity contribution is -0.231. The normalized spacial score (nSPS) is 20.7. The van der Waals surface area contributed by atoms with Crippen molar-refractivity contribution in [3.05, 3.63) is 0 Å². The lowest BCUT2D eigenvalue weighted by Crippen LogP contribution is -2.54. The largest absolute Gasteiger partial charge is 0.477 e. The van der Waals surface area contributed by atoms with E-state index in [9.17, 15) is 23.5 Å². The third kappa shape index (κ3) is 5.98. The summed E-state index contributed by atoms with van der Waals surface area (Å²) in [6.45, 7) is 1.80. The van der Waals surface area contributed by atoms with Crippen LogP contribution in [0.1, 0.15) is 20.8 Å². The van der Waals surface area contributed by atoms with E-state index in [2.05, 4.69) is 10.1 Å². The molecule has 0 aromatic carbocycles. The molecule has 136 valence electrons. The highest BCUT2D eigenvalue weighted by molar-refractivity contribution is 5.76. The van der Waals surface area contributed by atoms with E-state index in [0.29, 0.717) is 0 Å². The Labute approximate surface area is 132 Å². The average Bonchev–Trinajstić information content (AvgIpc) is 2.48. The van der Waals surface area contributed by atoms with Gasteiger partial charge in [0.05, 0.1) is 13.2 Å². The summed E-state index contributed by atoms with van der Waals surface area (Å²) in [5.74, 6) is -7.81. The highest BCUT2D eigenvalue weighted by Gasteiger charge is 2.53. The fourth-order valence-electron chi connectivity index (χ4n) is 1.74. The van der Waals surface area contributed by atoms with E-state index in [0.717, 1.165) is 0 Å². The summed E-state index contributed by atoms with van der Waals surface area (Å²) in [5, 5.41) is 38.3. The van der Waals surface area contributed by atoms with Crippen LogP contribution in [0.4, 0.5) is 8.78 Å². The van der Waals surface area contributed by atoms with E-state index < -0.39 is 61.3 Å². The Morgan fingerprint density at radius 2 is 1.78 bits per heavy atom. The number of aliphatic hydroxyl groups is 3. The predicted molar refractivity (Wildman–Crippen MR) is 73.9 cm³/mol. The van der Waals surface area contributed by atoms with E-state index in [1.165, 1.54) is 20.8 Å². The topological polar surface area (TPSA) is 136 Å². The zero-order valence-corrected chi connectivity index (χ0v) is 13.1. The summed E-state index contributed by atoms with van der Waals surface area (Å²) < 4.78 is 33.1. The number of carbonyl (C=O) groups excluding carboxylic acids is 1. The number of halogens is 2. The Balaban J connectivity index is 5.05. The van der Waals surface area contributed by atoms with Gasteiger partial charge in [0.1, 0.15) is 12.2 Å². The quantitative estimate of drug-likeness (QED) is 0.342. The van der Waals surface area contributed by atoms with Crippen molar-refractivity contribution in [1.29, 1.82) is 0 Å². The summed E-state index contributed by atoms with van der Waals surface area (Å²) >= 11 is 0. The minimum atomic E-state index is -3.79. The Kier molecular flexibility index (Phi) is 8.53. The molecule has 5 N–H and O–H groups in total. The molecule has 0 spiro atoms. The Morgan fingerprint density at radius 3 is 2.17 bits per heavy atom. The van der Waals surface area contributed by atoms with Gasteiger partial charge in [-0.05, 0) is 6.92 Å². The second kappa shape index (κ2) is 9.06. The first-order valence-corrected chi connectivity index (χ1v) is 6.91. The van der Waals surface area contributed by atoms with Crippen molar-refractivity contribution in [1.82, 2.24) is 5.32 Å². The van der Waals surface area contributed by atoms with E-state index in [-0.39, 0.29) is 0 Å². The molecule has 0 aliphatic carbocycles. The molecule has 0 rings (SSSR count). The molecule has 0 saturated carbocycles. The van der Waals surface area contributed by atoms with Gasteiger partial charge < -0.3 is 30.5 Å². The van der Waals surface area contributed by atoms with Crippen LogP contribution in [-0.2, 0) is 14.3 Å². The van der Waals surface area contributed by atoms with Crippen LogP contribution in [0.25, 0.3) is 0 Å². The number of carbonyl (C=O) groups is 2. The van der Waals surface area contributed by atoms with Crippen molar-refractivity contribution in [3.8, 4) is 0 Å². The number of carboxylic acid groups (broad SMARTS) is 1. The summed E-state index contributed by atoms with van der Waals surface area (Å²) in [7, 11) is 0. The number of ether oxygens (including phenoxy) is 1. The van der Waals surface area contributed by atoms with Crippen LogP contribution in [0, 0.1) is 5.92 Å². The highest BCUT2D eigenvalue weighted by Crippen LogP contribution is 2.30. The number of rotatable bonds is 10. The van der Waals surface area contributed by atoms with E-state index in [1.807, 2.05) is 0 Å². The van der Waals surface area contributed by atoms with Crippen molar-refractivity contribution in [2.45, 2.75) is 51.0 Å². The summed E-state index contributed by atoms with van der Waals surface area (Å²) in [6, 6.07) is -0.881. The van der Waals surface area contributed by atoms with Crippen LogP contribution < -0.4 is 5.32 Å². The number of carboxylic acids is 1. The SMILES string of the molecule is CC(=O)NC(C)C(C)C(F)C(F)(OCC(O)C(O)CO)C(=O)O. The zero-order valence-electron chi connectivity index (χ0n) is 13.1. The molecule has 8 nitrogen and oxygen atoms in total. The molecule has 10 heteroatoms. The molecule has 1 amide bonds. The summed E-state index contributed by atoms with van der Waals surface area (Å²) in [4.78, 5) is 22.0. The second-order valence-corrected chi connectivity index (χ2v) is 5.33. The van der Waals surface area contributed by atoms with Gasteiger partial charge >= 0.3 is 11.8 Å². The van der Waals surface area contributed by atoms with Gasteiger partial charge in [-0.3, -0.25) is 4.79 Å². The molecular formula is C13H23F2NO7. The van der Waals surface area contributed by atoms with Crippen molar-refractivity contribution in [2.24, 2.45) is 5.92 Å². The van der Waals surface area contributed by atoms with Gasteiger partial charge in [-0.2, -0.15) is 4.39 Å². The van der Waals surface area contributed by atoms with Crippen molar-refractivity contribution in [3.63, 3.8) is 0 Å². The maximum absolute atomic E-state index is 14.4. The van der Waals surface area contributed by atoms with Crippen LogP contribution in [0.15, 0.2) is 0 Å². The standard InChI is InChI=1S/C13H23F2NO7/c1-6(7(2)16-8(3)18)11(14)13(15,12(21)22)23-5-10(20)9(19)4-17/h6-7,9-11,17,19-20H,4-5H2,1-3H3,(H,16,18)(H,21,22). The Bertz CT molecular complexity index is 412. The fourth-order valence-corrected chi connectivity index (χ4v) is 1.74. The van der Waals surface area contributed by atoms with Gasteiger partial charge in [-0.25, -0.2) is 9.18 Å². The van der Waals surface area contributed by atoms with Gasteiger partial charge in [0.15, 0.2) is 6.17 Å². The van der Waals surface area contributed by atoms with Crippen LogP contribution in [0.2, 0.25) is 0 Å². The smallest absolute Gasteiger partial charge is 0.372 e. The molecule has 23 heavy (non-hydrogen) atoms. The van der Waals surface area contributed by atoms with E-state index >= 15 is 0 Å². The lowest BCUT2D eigenvalue weighted by Gasteiger charge is -2.32. The fraction of sp³-hybridized carbons (Fsp3) is 0.846. The van der Waals surface area contributed by atoms with Gasteiger partial charge in [-0.1, -0.05) is 6.92 Å². The number of aliphatic hydroxyl groups excluding tert-OH is 3. The monoisotopic (exact) mass is 343 g/mol. The molecular weight excluding hydrogens is 320 g/mol. The predicted octanol–water partition coefficient (Wildman–Crippen LogP) is -1.03. The molecule has 0 radical (unpaired) electrons. The number of hydrogen-bond acceptors (Lipinski definition) is 6. The van der Waals surface area contributed by atoms with Crippen LogP contribution in [0.3, 0.4) is 0 Å². The second-order valence-electron chi connectivity index (χ2n) is 5.33. The Hall–Kier alpha value is -1.36. The zero-order chi connectivity index (χ0) is 18.4. The molecule has 6 atom stereocenters. The van der Waals surface area contributed by atoms with Crippen LogP contribution >= 0.6 is 0 Å². The molecule has 0 bridgehead atoms. The minimum absolute atomic E-state index is 0.501. The maximum Gasteiger partial charge on any atom is 0.372 e. The molecule has 0 heterocycles. The average molecular weight is 343 g/mol. The van der Waals surface area contributed by atoms with E-state index in [1.54, 1.807) is 0 Å². The summed E-state index contributed by atoms with van der Waals surface area (Å²) in [6.07, 6.45) is -6.16. The molecule has 0 aromatic heterocycles. The van der Waals surface area contributed by atoms with Crippen molar-refractivity contribution >= 4 is 11.9 Å². The van der Waals surface area contributed by atoms with E-state index in [4.69, 9.17) is 15.3 Å². The van der Waals surface area contributed by atoms with Crippen LogP contribution in [0.5, 0.6) is 0 Å². The highest BCUT2D eigenvalue weighted by atomic mass is 19.2. The first-order valence-electron chi connectivity index (χ1n) is 6.91. The lowest BCUT2D eigenvalue weighted by atomic mass is 9.92. The van der Waals surface area contributed by atoms with Gasteiger partial charge in [0, 0.05) is 18.9 Å². The van der Waals surface area contributed by atoms with Crippen molar-refractivity contribution < 1.29 is 43.5 Å². The molecule has 0 saturated heterocycles. The number of aliphatic carboxylic acids is 1. The number of amides is 1. The first kappa shape index (κ1) is 21.6. The third-order valence-electron chi connectivity index (χ3n) is 3.42. The third-order valence-corrected chi connectivity index (χ3v) is 3.42. The molecule has 6 unspecified atom stereocenters. The van der Waals surface area contributed by atoms with Gasteiger partial charge in [0.25, 0.3) is 0 Å². The minimum Gasteiger partial charge on any atom is -0.477 e. The van der Waals surface area contributed by atoms with Crippen LogP contribution in [-0.4, -0.2) is 75.8 Å². The summed E-state index contributed by atoms with van der Waals surface area (Å²) in [5.41, 5.74) is 0. The van der Waals surface area contributed by atoms with Crippen molar-refractivity contribution in [2.75, 3.05) is 13.2 Å². The number of nitrogens with one attached hydrogen (secondary N) is 1. The molecule has 0 fully saturated rings.